The molecule has 19 rings (SSSR count). The van der Waals surface area contributed by atoms with Crippen molar-refractivity contribution in [3.8, 4) is 145 Å². The van der Waals surface area contributed by atoms with Gasteiger partial charge < -0.3 is 5.73 Å². The van der Waals surface area contributed by atoms with Crippen molar-refractivity contribution in [2.24, 2.45) is 15.7 Å². The fourth-order valence-corrected chi connectivity index (χ4v) is 16.1. The fourth-order valence-electron chi connectivity index (χ4n) is 16.1. The summed E-state index contributed by atoms with van der Waals surface area (Å²) in [4.78, 5) is 28.1. The molecule has 0 amide bonds. The maximum atomic E-state index is 7.48. The normalized spacial score (nSPS) is 13.4. The number of hydrogen-bond acceptors (Lipinski definition) is 4. The third-order valence-electron chi connectivity index (χ3n) is 21.3. The maximum absolute atomic E-state index is 7.48. The molecule has 6 nitrogen and oxygen atoms in total. The van der Waals surface area contributed by atoms with Crippen LogP contribution >= 0.6 is 0 Å². The van der Waals surface area contributed by atoms with E-state index in [2.05, 4.69) is 388 Å². The van der Waals surface area contributed by atoms with Gasteiger partial charge in [0.25, 0.3) is 0 Å². The second-order valence-corrected chi connectivity index (χ2v) is 28.0. The Labute approximate surface area is 635 Å². The van der Waals surface area contributed by atoms with Crippen LogP contribution in [0.15, 0.2) is 410 Å². The van der Waals surface area contributed by atoms with Crippen LogP contribution in [-0.2, 0) is 12.0 Å². The molecule has 17 aromatic rings. The largest absolute Gasteiger partial charge is 0.383 e. The Morgan fingerprint density at radius 1 is 0.229 bits per heavy atom. The molecule has 1 spiro atoms. The average Bonchev–Trinajstić information content (AvgIpc) is 1.51. The van der Waals surface area contributed by atoms with Crippen molar-refractivity contribution in [3.63, 3.8) is 0 Å². The lowest BCUT2D eigenvalue weighted by atomic mass is 9.70. The van der Waals surface area contributed by atoms with Crippen molar-refractivity contribution in [3.05, 3.63) is 439 Å². The first-order valence-corrected chi connectivity index (χ1v) is 37.1. The third kappa shape index (κ3) is 12.5. The minimum Gasteiger partial charge on any atom is -0.383 e. The lowest BCUT2D eigenvalue weighted by Crippen LogP contribution is -2.26. The van der Waals surface area contributed by atoms with Gasteiger partial charge in [0.2, 0.25) is 0 Å². The molecule has 0 radical (unpaired) electrons. The zero-order chi connectivity index (χ0) is 72.6. The molecule has 2 aliphatic rings. The van der Waals surface area contributed by atoms with Gasteiger partial charge in [-0.3, -0.25) is 4.99 Å². The topological polar surface area (TPSA) is 89.4 Å². The fraction of sp³-hybridized carbons (Fsp3) is 0.0194. The summed E-state index contributed by atoms with van der Waals surface area (Å²) < 4.78 is 0. The summed E-state index contributed by atoms with van der Waals surface area (Å²) in [6.07, 6.45) is 0. The number of aromatic nitrogens is 3. The van der Waals surface area contributed by atoms with Gasteiger partial charge in [0.1, 0.15) is 5.84 Å². The van der Waals surface area contributed by atoms with Crippen molar-refractivity contribution < 1.29 is 0 Å². The lowest BCUT2D eigenvalue weighted by Gasteiger charge is -2.31. The minimum absolute atomic E-state index is 0.293. The summed E-state index contributed by atoms with van der Waals surface area (Å²) in [7, 11) is 0. The lowest BCUT2D eigenvalue weighted by molar-refractivity contribution is 0.791. The summed E-state index contributed by atoms with van der Waals surface area (Å²) in [6, 6.07) is 143. The van der Waals surface area contributed by atoms with Gasteiger partial charge in [0, 0.05) is 27.8 Å². The van der Waals surface area contributed by atoms with Gasteiger partial charge in [-0.1, -0.05) is 322 Å². The van der Waals surface area contributed by atoms with Crippen LogP contribution in [0.2, 0.25) is 0 Å². The smallest absolute Gasteiger partial charge is 0.164 e. The van der Waals surface area contributed by atoms with Crippen molar-refractivity contribution in [1.82, 2.24) is 15.0 Å². The molecular weight excluding hydrogens is 1320 g/mol. The van der Waals surface area contributed by atoms with Gasteiger partial charge in [-0.15, -0.1) is 0 Å². The number of amidine groups is 2. The molecule has 0 bridgehead atoms. The predicted octanol–water partition coefficient (Wildman–Crippen LogP) is 24.9. The Morgan fingerprint density at radius 2 is 0.505 bits per heavy atom. The second-order valence-electron chi connectivity index (χ2n) is 28.0. The number of aliphatic imine (C=N–C) groups is 2. The molecule has 1 atom stereocenters. The van der Waals surface area contributed by atoms with E-state index in [0.717, 1.165) is 134 Å². The predicted molar refractivity (Wildman–Crippen MR) is 450 cm³/mol. The molecule has 2 N–H and O–H groups in total. The van der Waals surface area contributed by atoms with E-state index in [9.17, 15) is 0 Å². The van der Waals surface area contributed by atoms with E-state index in [1.807, 2.05) is 12.1 Å². The van der Waals surface area contributed by atoms with Crippen LogP contribution in [0.1, 0.15) is 38.9 Å². The standard InChI is InChI=1S/C103H70N6/c104-98(86-58-78(69-29-9-1-10-30-69)54-79(59-86)70-31-11-2-12-32-70)106-99(87-60-80(71-33-13-3-14-34-71)55-81(61-87)72-35-15-4-16-36-72)105-67-68-49-51-92-90-45-25-27-47-94(90)103(96(92)53-68)95-48-28-26-46-91(95)93-52-50-77(66-97(93)103)100-107-101(88-62-82(73-37-17-5-18-38-73)56-83(63-88)74-39-19-6-20-40-74)109-102(108-100)89-64-84(75-41-21-7-22-42-75)57-85(65-89)76-43-23-8-24-44-76/h1-66H,67H2,(H2,104,105,106). The number of fused-ring (bicyclic) bond motifs is 10. The van der Waals surface area contributed by atoms with Crippen LogP contribution in [0.5, 0.6) is 0 Å². The number of nitrogens with two attached hydrogens (primary N) is 1. The number of nitrogens with zero attached hydrogens (tertiary/aromatic N) is 5. The Balaban J connectivity index is 0.795. The zero-order valence-corrected chi connectivity index (χ0v) is 59.6. The highest BCUT2D eigenvalue weighted by molar-refractivity contribution is 6.12. The van der Waals surface area contributed by atoms with Gasteiger partial charge in [-0.25, -0.2) is 19.9 Å². The second kappa shape index (κ2) is 28.3. The zero-order valence-electron chi connectivity index (χ0n) is 59.6. The van der Waals surface area contributed by atoms with Gasteiger partial charge in [0.15, 0.2) is 23.3 Å². The first-order valence-electron chi connectivity index (χ1n) is 37.1. The van der Waals surface area contributed by atoms with E-state index in [1.54, 1.807) is 0 Å². The summed E-state index contributed by atoms with van der Waals surface area (Å²) in [6.45, 7) is 0.293. The molecule has 512 valence electrons. The van der Waals surface area contributed by atoms with E-state index in [4.69, 9.17) is 30.7 Å². The Bertz CT molecular complexity index is 5960. The van der Waals surface area contributed by atoms with E-state index in [0.29, 0.717) is 35.7 Å². The molecule has 0 aliphatic heterocycles. The van der Waals surface area contributed by atoms with E-state index in [1.165, 1.54) is 33.4 Å². The molecule has 2 aliphatic carbocycles. The van der Waals surface area contributed by atoms with Crippen LogP contribution in [-0.4, -0.2) is 26.6 Å². The highest BCUT2D eigenvalue weighted by atomic mass is 15.0. The molecular formula is C103H70N6. The molecule has 1 heterocycles. The van der Waals surface area contributed by atoms with Crippen molar-refractivity contribution >= 4 is 11.7 Å². The van der Waals surface area contributed by atoms with Crippen LogP contribution < -0.4 is 5.73 Å². The molecule has 1 aromatic heterocycles. The van der Waals surface area contributed by atoms with Crippen LogP contribution in [0.4, 0.5) is 0 Å². The minimum atomic E-state index is -0.768. The van der Waals surface area contributed by atoms with Crippen molar-refractivity contribution in [1.29, 1.82) is 0 Å². The molecule has 1 unspecified atom stereocenters. The molecule has 109 heavy (non-hydrogen) atoms. The molecule has 6 heteroatoms. The monoisotopic (exact) mass is 1390 g/mol. The molecule has 0 saturated heterocycles. The number of benzene rings is 16. The number of rotatable bonds is 15. The summed E-state index contributed by atoms with van der Waals surface area (Å²) in [5.74, 6) is 2.55. The summed E-state index contributed by atoms with van der Waals surface area (Å²) in [5.41, 5.74) is 38.5. The quantitative estimate of drug-likeness (QED) is 0.0818. The van der Waals surface area contributed by atoms with Crippen LogP contribution in [0.25, 0.3) is 145 Å². The Hall–Kier alpha value is -14.3. The van der Waals surface area contributed by atoms with E-state index >= 15 is 0 Å². The number of hydrogen-bond donors (Lipinski definition) is 1. The summed E-state index contributed by atoms with van der Waals surface area (Å²) >= 11 is 0. The van der Waals surface area contributed by atoms with Crippen molar-refractivity contribution in [2.75, 3.05) is 0 Å². The van der Waals surface area contributed by atoms with E-state index < -0.39 is 5.41 Å². The highest BCUT2D eigenvalue weighted by Crippen LogP contribution is 2.63. The van der Waals surface area contributed by atoms with E-state index in [-0.39, 0.29) is 0 Å². The van der Waals surface area contributed by atoms with Gasteiger partial charge >= 0.3 is 0 Å². The van der Waals surface area contributed by atoms with Crippen LogP contribution in [0.3, 0.4) is 0 Å². The van der Waals surface area contributed by atoms with Gasteiger partial charge in [-0.2, -0.15) is 0 Å². The first kappa shape index (κ1) is 65.4. The molecule has 16 aromatic carbocycles. The van der Waals surface area contributed by atoms with Gasteiger partial charge in [0.05, 0.1) is 12.0 Å². The average molecular weight is 1390 g/mol. The van der Waals surface area contributed by atoms with Crippen LogP contribution in [0, 0.1) is 0 Å². The molecule has 0 saturated carbocycles. The third-order valence-corrected chi connectivity index (χ3v) is 21.3. The molecule has 0 fully saturated rings. The summed E-state index contributed by atoms with van der Waals surface area (Å²) in [5, 5.41) is 0. The SMILES string of the molecule is NC(=NC(=NCc1ccc2c(c1)C1(c3ccccc3-2)c2ccccc2-c2ccc(-c3nc(-c4cc(-c5ccccc5)cc(-c5ccccc5)c4)nc(-c4cc(-c5ccccc5)cc(-c5ccccc5)c4)n3)cc21)c1cc(-c2ccccc2)cc(-c2ccccc2)c1)c1cc(-c2ccccc2)cc(-c2ccccc2)c1. The van der Waals surface area contributed by atoms with Crippen molar-refractivity contribution in [2.45, 2.75) is 12.0 Å². The van der Waals surface area contributed by atoms with Gasteiger partial charge in [-0.05, 0) is 218 Å². The first-order chi connectivity index (χ1) is 53.9. The highest BCUT2D eigenvalue weighted by Gasteiger charge is 2.52. The maximum Gasteiger partial charge on any atom is 0.164 e. The Morgan fingerprint density at radius 3 is 0.862 bits per heavy atom. The Kier molecular flexibility index (Phi) is 17.0.